The number of aromatic nitrogens is 2. The maximum absolute atomic E-state index is 11.8. The Morgan fingerprint density at radius 1 is 1.39 bits per heavy atom. The second-order valence-electron chi connectivity index (χ2n) is 4.92. The fourth-order valence-corrected chi connectivity index (χ4v) is 1.71. The first-order chi connectivity index (χ1) is 8.20. The van der Waals surface area contributed by atoms with Crippen molar-refractivity contribution in [1.29, 1.82) is 0 Å². The highest BCUT2D eigenvalue weighted by molar-refractivity contribution is 7.08. The third kappa shape index (κ3) is 4.06. The maximum atomic E-state index is 11.8. The van der Waals surface area contributed by atoms with Crippen molar-refractivity contribution in [2.75, 3.05) is 0 Å². The van der Waals surface area contributed by atoms with Crippen molar-refractivity contribution in [1.82, 2.24) is 14.9 Å². The van der Waals surface area contributed by atoms with Crippen molar-refractivity contribution < 1.29 is 14.3 Å². The Morgan fingerprint density at radius 2 is 2.00 bits per heavy atom. The van der Waals surface area contributed by atoms with Crippen LogP contribution in [0, 0.1) is 6.92 Å². The average molecular weight is 271 g/mol. The summed E-state index contributed by atoms with van der Waals surface area (Å²) in [6.07, 6.45) is 0. The van der Waals surface area contributed by atoms with Crippen LogP contribution in [0.5, 0.6) is 0 Å². The Kier molecular flexibility index (Phi) is 4.39. The van der Waals surface area contributed by atoms with E-state index in [9.17, 15) is 9.59 Å². The molecule has 0 fully saturated rings. The van der Waals surface area contributed by atoms with E-state index in [-0.39, 0.29) is 5.91 Å². The van der Waals surface area contributed by atoms with Crippen LogP contribution in [0.3, 0.4) is 0 Å². The lowest BCUT2D eigenvalue weighted by molar-refractivity contribution is -0.156. The van der Waals surface area contributed by atoms with E-state index in [1.54, 1.807) is 34.6 Å². The molecule has 1 aromatic rings. The Morgan fingerprint density at radius 3 is 2.44 bits per heavy atom. The lowest BCUT2D eigenvalue weighted by Crippen LogP contribution is -2.42. The predicted octanol–water partition coefficient (Wildman–Crippen LogP) is 1.31. The van der Waals surface area contributed by atoms with Crippen LogP contribution in [0.4, 0.5) is 0 Å². The fraction of sp³-hybridized carbons (Fsp3) is 0.636. The van der Waals surface area contributed by atoms with Crippen LogP contribution < -0.4 is 5.32 Å². The monoisotopic (exact) mass is 271 g/mol. The number of aryl methyl sites for hydroxylation is 1. The van der Waals surface area contributed by atoms with Gasteiger partial charge in [-0.05, 0) is 46.2 Å². The molecule has 1 heterocycles. The van der Waals surface area contributed by atoms with Crippen molar-refractivity contribution in [3.05, 3.63) is 10.6 Å². The first-order valence-corrected chi connectivity index (χ1v) is 6.30. The second kappa shape index (κ2) is 5.43. The first kappa shape index (κ1) is 14.6. The summed E-state index contributed by atoms with van der Waals surface area (Å²) in [4.78, 5) is 23.9. The number of nitrogens with one attached hydrogen (secondary N) is 1. The molecule has 1 atom stereocenters. The molecule has 0 saturated carbocycles. The molecule has 7 heteroatoms. The molecule has 1 rings (SSSR count). The van der Waals surface area contributed by atoms with Gasteiger partial charge in [0.25, 0.3) is 5.91 Å². The van der Waals surface area contributed by atoms with Crippen LogP contribution >= 0.6 is 11.5 Å². The minimum absolute atomic E-state index is 0.360. The molecular formula is C11H17N3O3S. The molecule has 1 aromatic heterocycles. The highest BCUT2D eigenvalue weighted by Gasteiger charge is 2.24. The number of rotatable bonds is 3. The zero-order chi connectivity index (χ0) is 13.9. The Bertz CT molecular complexity index is 451. The van der Waals surface area contributed by atoms with E-state index in [2.05, 4.69) is 14.9 Å². The number of hydrogen-bond donors (Lipinski definition) is 1. The van der Waals surface area contributed by atoms with Crippen molar-refractivity contribution >= 4 is 23.4 Å². The number of hydrogen-bond acceptors (Lipinski definition) is 6. The number of nitrogens with zero attached hydrogens (tertiary/aromatic N) is 2. The summed E-state index contributed by atoms with van der Waals surface area (Å²) in [5.74, 6) is -0.827. The van der Waals surface area contributed by atoms with Crippen LogP contribution in [0.15, 0.2) is 0 Å². The quantitative estimate of drug-likeness (QED) is 0.838. The average Bonchev–Trinajstić information content (AvgIpc) is 2.61. The Balaban J connectivity index is 2.60. The molecular weight excluding hydrogens is 254 g/mol. The van der Waals surface area contributed by atoms with Gasteiger partial charge in [0, 0.05) is 0 Å². The molecule has 100 valence electrons. The van der Waals surface area contributed by atoms with E-state index in [0.29, 0.717) is 10.6 Å². The third-order valence-corrected chi connectivity index (χ3v) is 2.79. The summed E-state index contributed by atoms with van der Waals surface area (Å²) in [5, 5.41) is 6.30. The SMILES string of the molecule is Cc1nnsc1C(=O)N[C@@H](C)C(=O)OC(C)(C)C. The van der Waals surface area contributed by atoms with Gasteiger partial charge in [-0.15, -0.1) is 5.10 Å². The van der Waals surface area contributed by atoms with Gasteiger partial charge in [-0.2, -0.15) is 0 Å². The van der Waals surface area contributed by atoms with Crippen LogP contribution in [0.2, 0.25) is 0 Å². The normalized spacial score (nSPS) is 12.9. The standard InChI is InChI=1S/C11H17N3O3S/c1-6-8(18-14-13-6)9(15)12-7(2)10(16)17-11(3,4)5/h7H,1-5H3,(H,12,15)/t7-/m0/s1. The van der Waals surface area contributed by atoms with Gasteiger partial charge in [0.05, 0.1) is 5.69 Å². The van der Waals surface area contributed by atoms with E-state index in [4.69, 9.17) is 4.74 Å². The molecule has 0 saturated heterocycles. The highest BCUT2D eigenvalue weighted by atomic mass is 32.1. The van der Waals surface area contributed by atoms with E-state index in [1.165, 1.54) is 0 Å². The maximum Gasteiger partial charge on any atom is 0.328 e. The second-order valence-corrected chi connectivity index (χ2v) is 5.67. The molecule has 0 bridgehead atoms. The lowest BCUT2D eigenvalue weighted by Gasteiger charge is -2.22. The van der Waals surface area contributed by atoms with Crippen molar-refractivity contribution in [2.24, 2.45) is 0 Å². The van der Waals surface area contributed by atoms with Gasteiger partial charge in [-0.3, -0.25) is 4.79 Å². The van der Waals surface area contributed by atoms with Crippen LogP contribution in [0.1, 0.15) is 43.1 Å². The molecule has 0 aliphatic rings. The fourth-order valence-electron chi connectivity index (χ4n) is 1.15. The van der Waals surface area contributed by atoms with E-state index < -0.39 is 17.6 Å². The lowest BCUT2D eigenvalue weighted by atomic mass is 10.2. The zero-order valence-corrected chi connectivity index (χ0v) is 11.9. The summed E-state index contributed by atoms with van der Waals surface area (Å²) in [7, 11) is 0. The highest BCUT2D eigenvalue weighted by Crippen LogP contribution is 2.11. The molecule has 0 aromatic carbocycles. The first-order valence-electron chi connectivity index (χ1n) is 5.53. The minimum Gasteiger partial charge on any atom is -0.458 e. The minimum atomic E-state index is -0.710. The molecule has 0 spiro atoms. The van der Waals surface area contributed by atoms with Crippen LogP contribution in [-0.4, -0.2) is 33.1 Å². The van der Waals surface area contributed by atoms with E-state index in [1.807, 2.05) is 0 Å². The van der Waals surface area contributed by atoms with Gasteiger partial charge in [0.2, 0.25) is 0 Å². The summed E-state index contributed by atoms with van der Waals surface area (Å²) in [6.45, 7) is 8.59. The van der Waals surface area contributed by atoms with Crippen molar-refractivity contribution in [3.8, 4) is 0 Å². The molecule has 0 unspecified atom stereocenters. The summed E-state index contributed by atoms with van der Waals surface area (Å²) >= 11 is 0.999. The zero-order valence-electron chi connectivity index (χ0n) is 11.1. The predicted molar refractivity (Wildman–Crippen MR) is 67.4 cm³/mol. The molecule has 6 nitrogen and oxygen atoms in total. The molecule has 18 heavy (non-hydrogen) atoms. The number of carbonyl (C=O) groups is 2. The van der Waals surface area contributed by atoms with E-state index >= 15 is 0 Å². The Hall–Kier alpha value is -1.50. The number of carbonyl (C=O) groups excluding carboxylic acids is 2. The summed E-state index contributed by atoms with van der Waals surface area (Å²) in [5.41, 5.74) is -0.0215. The van der Waals surface area contributed by atoms with Crippen molar-refractivity contribution in [3.63, 3.8) is 0 Å². The van der Waals surface area contributed by atoms with Gasteiger partial charge < -0.3 is 10.1 Å². The molecule has 0 radical (unpaired) electrons. The number of esters is 1. The molecule has 1 amide bonds. The summed E-state index contributed by atoms with van der Waals surface area (Å²) in [6, 6.07) is -0.710. The van der Waals surface area contributed by atoms with Crippen molar-refractivity contribution in [2.45, 2.75) is 46.3 Å². The van der Waals surface area contributed by atoms with Crippen LogP contribution in [-0.2, 0) is 9.53 Å². The van der Waals surface area contributed by atoms with Gasteiger partial charge >= 0.3 is 5.97 Å². The van der Waals surface area contributed by atoms with E-state index in [0.717, 1.165) is 11.5 Å². The van der Waals surface area contributed by atoms with Gasteiger partial charge in [0.1, 0.15) is 16.5 Å². The number of amides is 1. The topological polar surface area (TPSA) is 81.2 Å². The van der Waals surface area contributed by atoms with Gasteiger partial charge in [-0.1, -0.05) is 4.49 Å². The smallest absolute Gasteiger partial charge is 0.328 e. The van der Waals surface area contributed by atoms with Crippen LogP contribution in [0.25, 0.3) is 0 Å². The van der Waals surface area contributed by atoms with Gasteiger partial charge in [-0.25, -0.2) is 4.79 Å². The molecule has 0 aliphatic carbocycles. The summed E-state index contributed by atoms with van der Waals surface area (Å²) < 4.78 is 8.84. The Labute approximate surface area is 110 Å². The van der Waals surface area contributed by atoms with Gasteiger partial charge in [0.15, 0.2) is 0 Å². The number of ether oxygens (including phenoxy) is 1. The molecule has 1 N–H and O–H groups in total. The largest absolute Gasteiger partial charge is 0.458 e. The third-order valence-electron chi connectivity index (χ3n) is 1.97. The molecule has 0 aliphatic heterocycles.